The molecule has 1 aromatic carbocycles. The van der Waals surface area contributed by atoms with Crippen LogP contribution >= 0.6 is 0 Å². The Kier molecular flexibility index (Phi) is 5.97. The first-order valence-electron chi connectivity index (χ1n) is 7.67. The lowest BCUT2D eigenvalue weighted by atomic mass is 10.0. The number of urea groups is 1. The number of amides is 2. The third-order valence-corrected chi connectivity index (χ3v) is 4.77. The summed E-state index contributed by atoms with van der Waals surface area (Å²) in [6.07, 6.45) is 2.23. The first-order chi connectivity index (χ1) is 10.9. The maximum atomic E-state index is 12.1. The summed E-state index contributed by atoms with van der Waals surface area (Å²) in [4.78, 5) is 12.2. The Labute approximate surface area is 136 Å². The molecule has 1 heterocycles. The van der Waals surface area contributed by atoms with Gasteiger partial charge >= 0.3 is 6.03 Å². The van der Waals surface area contributed by atoms with Gasteiger partial charge in [-0.25, -0.2) is 18.4 Å². The Balaban J connectivity index is 2.03. The number of primary sulfonamides is 1. The number of carbonyl (C=O) groups excluding carboxylic acids is 1. The van der Waals surface area contributed by atoms with E-state index < -0.39 is 10.0 Å². The molecule has 2 amide bonds. The fourth-order valence-electron chi connectivity index (χ4n) is 2.56. The van der Waals surface area contributed by atoms with Crippen LogP contribution in [0.3, 0.4) is 0 Å². The average molecular weight is 341 g/mol. The third kappa shape index (κ3) is 5.19. The average Bonchev–Trinajstić information content (AvgIpc) is 2.53. The number of sulfonamides is 1. The van der Waals surface area contributed by atoms with E-state index in [-0.39, 0.29) is 23.0 Å². The second-order valence-corrected chi connectivity index (χ2v) is 7.14. The molecule has 1 aliphatic heterocycles. The summed E-state index contributed by atoms with van der Waals surface area (Å²) in [6, 6.07) is 5.90. The summed E-state index contributed by atoms with van der Waals surface area (Å²) in [5.41, 5.74) is 0.709. The lowest BCUT2D eigenvalue weighted by Crippen LogP contribution is -2.45. The Hall–Kier alpha value is -1.64. The van der Waals surface area contributed by atoms with Crippen molar-refractivity contribution in [3.8, 4) is 0 Å². The van der Waals surface area contributed by atoms with Crippen molar-refractivity contribution in [1.82, 2.24) is 10.6 Å². The van der Waals surface area contributed by atoms with Crippen LogP contribution in [0, 0.1) is 0 Å². The maximum Gasteiger partial charge on any atom is 0.315 e. The predicted molar refractivity (Wildman–Crippen MR) is 86.4 cm³/mol. The van der Waals surface area contributed by atoms with Crippen LogP contribution in [0.2, 0.25) is 0 Å². The van der Waals surface area contributed by atoms with Crippen LogP contribution < -0.4 is 15.8 Å². The second-order valence-electron chi connectivity index (χ2n) is 5.58. The van der Waals surface area contributed by atoms with Crippen molar-refractivity contribution in [2.24, 2.45) is 5.14 Å². The monoisotopic (exact) mass is 341 g/mol. The molecule has 1 atom stereocenters. The molecule has 0 bridgehead atoms. The molecule has 128 valence electrons. The minimum Gasteiger partial charge on any atom is -0.381 e. The van der Waals surface area contributed by atoms with Crippen molar-refractivity contribution in [1.29, 1.82) is 0 Å². The minimum atomic E-state index is -3.76. The fourth-order valence-corrected chi connectivity index (χ4v) is 3.13. The molecule has 0 unspecified atom stereocenters. The van der Waals surface area contributed by atoms with E-state index in [2.05, 4.69) is 10.6 Å². The van der Waals surface area contributed by atoms with E-state index in [4.69, 9.17) is 9.88 Å². The van der Waals surface area contributed by atoms with Crippen LogP contribution in [0.5, 0.6) is 0 Å². The maximum absolute atomic E-state index is 12.1. The van der Waals surface area contributed by atoms with Crippen LogP contribution in [0.1, 0.15) is 37.8 Å². The van der Waals surface area contributed by atoms with Gasteiger partial charge in [-0.15, -0.1) is 0 Å². The number of ether oxygens (including phenoxy) is 1. The first-order valence-corrected chi connectivity index (χ1v) is 9.22. The van der Waals surface area contributed by atoms with Gasteiger partial charge in [0.05, 0.1) is 10.9 Å². The Morgan fingerprint density at radius 1 is 1.39 bits per heavy atom. The number of nitrogens with one attached hydrogen (secondary N) is 2. The van der Waals surface area contributed by atoms with E-state index in [1.54, 1.807) is 12.1 Å². The Morgan fingerprint density at radius 3 is 2.70 bits per heavy atom. The molecule has 1 aliphatic rings. The number of hydrogen-bond donors (Lipinski definition) is 3. The molecule has 0 aliphatic carbocycles. The van der Waals surface area contributed by atoms with E-state index >= 15 is 0 Å². The summed E-state index contributed by atoms with van der Waals surface area (Å²) >= 11 is 0. The smallest absolute Gasteiger partial charge is 0.315 e. The van der Waals surface area contributed by atoms with Crippen molar-refractivity contribution in [2.45, 2.75) is 43.2 Å². The number of benzene rings is 1. The van der Waals surface area contributed by atoms with Gasteiger partial charge in [0.1, 0.15) is 0 Å². The van der Waals surface area contributed by atoms with E-state index in [9.17, 15) is 13.2 Å². The molecule has 1 aromatic rings. The van der Waals surface area contributed by atoms with E-state index in [0.29, 0.717) is 25.2 Å². The van der Waals surface area contributed by atoms with E-state index in [1.165, 1.54) is 12.1 Å². The Morgan fingerprint density at radius 2 is 2.09 bits per heavy atom. The van der Waals surface area contributed by atoms with E-state index in [1.807, 2.05) is 6.92 Å². The molecule has 0 saturated carbocycles. The number of hydrogen-bond acceptors (Lipinski definition) is 4. The molecule has 0 aromatic heterocycles. The van der Waals surface area contributed by atoms with Gasteiger partial charge in [0, 0.05) is 19.3 Å². The third-order valence-electron chi connectivity index (χ3n) is 3.86. The van der Waals surface area contributed by atoms with Crippen LogP contribution in [0.25, 0.3) is 0 Å². The zero-order valence-electron chi connectivity index (χ0n) is 13.1. The fraction of sp³-hybridized carbons (Fsp3) is 0.533. The molecular weight excluding hydrogens is 318 g/mol. The molecule has 4 N–H and O–H groups in total. The van der Waals surface area contributed by atoms with Crippen molar-refractivity contribution in [2.75, 3.05) is 13.2 Å². The lowest BCUT2D eigenvalue weighted by Gasteiger charge is -2.25. The molecule has 8 heteroatoms. The summed E-state index contributed by atoms with van der Waals surface area (Å²) in [5, 5.41) is 11.0. The predicted octanol–water partition coefficient (Wildman–Crippen LogP) is 1.26. The van der Waals surface area contributed by atoms with Crippen LogP contribution in [0.15, 0.2) is 29.2 Å². The van der Waals surface area contributed by atoms with Gasteiger partial charge in [-0.3, -0.25) is 0 Å². The first kappa shape index (κ1) is 17.7. The van der Waals surface area contributed by atoms with Crippen LogP contribution in [0.4, 0.5) is 4.79 Å². The summed E-state index contributed by atoms with van der Waals surface area (Å²) in [6.45, 7) is 3.22. The van der Waals surface area contributed by atoms with Crippen molar-refractivity contribution >= 4 is 16.1 Å². The second kappa shape index (κ2) is 7.76. The molecule has 7 nitrogen and oxygen atoms in total. The number of rotatable bonds is 5. The summed E-state index contributed by atoms with van der Waals surface area (Å²) in [7, 11) is -3.76. The lowest BCUT2D eigenvalue weighted by molar-refractivity contribution is 0.0799. The van der Waals surface area contributed by atoms with Gasteiger partial charge in [-0.05, 0) is 37.0 Å². The SMILES string of the molecule is CC[C@H](NC(=O)NC1CCOCC1)c1cccc(S(N)(=O)=O)c1. The van der Waals surface area contributed by atoms with Gasteiger partial charge < -0.3 is 15.4 Å². The normalized spacial score (nSPS) is 17.5. The quantitative estimate of drug-likeness (QED) is 0.749. The highest BCUT2D eigenvalue weighted by molar-refractivity contribution is 7.89. The molecule has 23 heavy (non-hydrogen) atoms. The highest BCUT2D eigenvalue weighted by Crippen LogP contribution is 2.19. The molecule has 0 radical (unpaired) electrons. The van der Waals surface area contributed by atoms with Gasteiger partial charge in [-0.1, -0.05) is 19.1 Å². The van der Waals surface area contributed by atoms with Crippen molar-refractivity contribution < 1.29 is 17.9 Å². The molecule has 2 rings (SSSR count). The highest BCUT2D eigenvalue weighted by atomic mass is 32.2. The van der Waals surface area contributed by atoms with Crippen LogP contribution in [-0.4, -0.2) is 33.7 Å². The zero-order chi connectivity index (χ0) is 16.9. The van der Waals surface area contributed by atoms with E-state index in [0.717, 1.165) is 12.8 Å². The molecule has 0 spiro atoms. The van der Waals surface area contributed by atoms with Gasteiger partial charge in [0.25, 0.3) is 0 Å². The molecule has 1 fully saturated rings. The van der Waals surface area contributed by atoms with Gasteiger partial charge in [-0.2, -0.15) is 0 Å². The van der Waals surface area contributed by atoms with Crippen molar-refractivity contribution in [3.05, 3.63) is 29.8 Å². The zero-order valence-corrected chi connectivity index (χ0v) is 13.9. The summed E-state index contributed by atoms with van der Waals surface area (Å²) < 4.78 is 28.2. The highest BCUT2D eigenvalue weighted by Gasteiger charge is 2.19. The largest absolute Gasteiger partial charge is 0.381 e. The minimum absolute atomic E-state index is 0.0417. The topological polar surface area (TPSA) is 111 Å². The Bertz CT molecular complexity index is 642. The van der Waals surface area contributed by atoms with Crippen LogP contribution in [-0.2, 0) is 14.8 Å². The van der Waals surface area contributed by atoms with Gasteiger partial charge in [0.2, 0.25) is 10.0 Å². The summed E-state index contributed by atoms with van der Waals surface area (Å²) in [5.74, 6) is 0. The number of carbonyl (C=O) groups is 1. The molecule has 1 saturated heterocycles. The van der Waals surface area contributed by atoms with Gasteiger partial charge in [0.15, 0.2) is 0 Å². The standard InChI is InChI=1S/C15H23N3O4S/c1-2-14(11-4-3-5-13(10-11)23(16,20)21)18-15(19)17-12-6-8-22-9-7-12/h3-5,10,12,14H,2,6-9H2,1H3,(H2,16,20,21)(H2,17,18,19)/t14-/m0/s1. The number of nitrogens with two attached hydrogens (primary N) is 1. The van der Waals surface area contributed by atoms with Crippen molar-refractivity contribution in [3.63, 3.8) is 0 Å². The molecular formula is C15H23N3O4S.